The van der Waals surface area contributed by atoms with Gasteiger partial charge in [0.05, 0.1) is 17.6 Å². The fourth-order valence-corrected chi connectivity index (χ4v) is 2.89. The van der Waals surface area contributed by atoms with Gasteiger partial charge in [0, 0.05) is 24.5 Å². The first-order valence-electron chi connectivity index (χ1n) is 9.41. The monoisotopic (exact) mass is 420 g/mol. The number of carbonyl (C=O) groups is 3. The quantitative estimate of drug-likeness (QED) is 0.659. The molecular weight excluding hydrogens is 403 g/mol. The average Bonchev–Trinajstić information content (AvgIpc) is 2.78. The molecule has 1 aliphatic heterocycles. The first-order chi connectivity index (χ1) is 15.0. The molecule has 1 saturated heterocycles. The van der Waals surface area contributed by atoms with E-state index in [1.54, 1.807) is 36.4 Å². The summed E-state index contributed by atoms with van der Waals surface area (Å²) in [7, 11) is 0. The third-order valence-electron chi connectivity index (χ3n) is 4.47. The van der Waals surface area contributed by atoms with Crippen molar-refractivity contribution in [3.8, 4) is 11.6 Å². The molecule has 2 N–H and O–H groups in total. The maximum Gasteiger partial charge on any atom is 0.255 e. The fraction of sp³-hybridized carbons (Fsp3) is 0.0909. The summed E-state index contributed by atoms with van der Waals surface area (Å²) in [6.45, 7) is 0. The van der Waals surface area contributed by atoms with Crippen LogP contribution in [0.4, 0.5) is 15.8 Å². The van der Waals surface area contributed by atoms with Crippen molar-refractivity contribution in [2.75, 3.05) is 10.3 Å². The van der Waals surface area contributed by atoms with Crippen LogP contribution in [0.3, 0.4) is 0 Å². The number of ether oxygens (including phenoxy) is 1. The van der Waals surface area contributed by atoms with E-state index in [0.717, 1.165) is 0 Å². The van der Waals surface area contributed by atoms with Gasteiger partial charge in [-0.1, -0.05) is 0 Å². The van der Waals surface area contributed by atoms with Crippen molar-refractivity contribution in [1.82, 2.24) is 10.4 Å². The van der Waals surface area contributed by atoms with Crippen LogP contribution < -0.4 is 20.5 Å². The molecule has 0 unspecified atom stereocenters. The van der Waals surface area contributed by atoms with Crippen LogP contribution in [0, 0.1) is 5.82 Å². The van der Waals surface area contributed by atoms with Gasteiger partial charge in [0.2, 0.25) is 17.7 Å². The van der Waals surface area contributed by atoms with Crippen molar-refractivity contribution in [2.24, 2.45) is 0 Å². The zero-order valence-electron chi connectivity index (χ0n) is 16.2. The SMILES string of the molecule is O=C1CCC(=O)N(c2ccc(C(=O)Nc3ccc(Oc4ccc(F)cc4)nc3)cc2)N1. The largest absolute Gasteiger partial charge is 0.439 e. The minimum atomic E-state index is -0.366. The van der Waals surface area contributed by atoms with Gasteiger partial charge in [-0.25, -0.2) is 14.4 Å². The summed E-state index contributed by atoms with van der Waals surface area (Å²) in [6.07, 6.45) is 1.74. The summed E-state index contributed by atoms with van der Waals surface area (Å²) in [5.41, 5.74) is 3.80. The lowest BCUT2D eigenvalue weighted by molar-refractivity contribution is -0.130. The predicted molar refractivity (Wildman–Crippen MR) is 110 cm³/mol. The standard InChI is InChI=1S/C22H17FN4O4/c23-15-3-8-18(9-4-15)31-20-11-5-16(13-24-20)25-22(30)14-1-6-17(7-2-14)27-21(29)12-10-19(28)26-27/h1-9,11,13H,10,12H2,(H,25,30)(H,26,28). The Morgan fingerprint density at radius 3 is 2.42 bits per heavy atom. The number of rotatable bonds is 5. The summed E-state index contributed by atoms with van der Waals surface area (Å²) >= 11 is 0. The van der Waals surface area contributed by atoms with E-state index in [1.807, 2.05) is 0 Å². The molecule has 0 aliphatic carbocycles. The molecule has 0 radical (unpaired) electrons. The Morgan fingerprint density at radius 1 is 1.00 bits per heavy atom. The molecule has 2 heterocycles. The molecule has 2 aromatic carbocycles. The highest BCUT2D eigenvalue weighted by Crippen LogP contribution is 2.22. The second-order valence-electron chi connectivity index (χ2n) is 6.71. The summed E-state index contributed by atoms with van der Waals surface area (Å²) in [6, 6.07) is 15.0. The Morgan fingerprint density at radius 2 is 1.74 bits per heavy atom. The lowest BCUT2D eigenvalue weighted by Crippen LogP contribution is -2.50. The van der Waals surface area contributed by atoms with Crippen LogP contribution in [0.2, 0.25) is 0 Å². The molecule has 0 atom stereocenters. The van der Waals surface area contributed by atoms with Gasteiger partial charge in [-0.05, 0) is 54.6 Å². The van der Waals surface area contributed by atoms with E-state index in [2.05, 4.69) is 15.7 Å². The molecular formula is C22H17FN4O4. The molecule has 0 spiro atoms. The molecule has 1 aliphatic rings. The maximum absolute atomic E-state index is 12.9. The molecule has 0 bridgehead atoms. The maximum atomic E-state index is 12.9. The van der Waals surface area contributed by atoms with Crippen molar-refractivity contribution in [1.29, 1.82) is 0 Å². The number of hydrazine groups is 1. The number of hydrogen-bond acceptors (Lipinski definition) is 5. The number of hydrogen-bond donors (Lipinski definition) is 2. The number of carbonyl (C=O) groups excluding carboxylic acids is 3. The molecule has 3 aromatic rings. The molecule has 8 nitrogen and oxygen atoms in total. The van der Waals surface area contributed by atoms with Gasteiger partial charge in [0.25, 0.3) is 5.91 Å². The zero-order valence-corrected chi connectivity index (χ0v) is 16.2. The minimum Gasteiger partial charge on any atom is -0.439 e. The highest BCUT2D eigenvalue weighted by Gasteiger charge is 2.24. The molecule has 156 valence electrons. The van der Waals surface area contributed by atoms with E-state index in [-0.39, 0.29) is 36.4 Å². The van der Waals surface area contributed by atoms with E-state index in [4.69, 9.17) is 4.74 Å². The molecule has 3 amide bonds. The summed E-state index contributed by atoms with van der Waals surface area (Å²) < 4.78 is 18.5. The summed E-state index contributed by atoms with van der Waals surface area (Å²) in [5, 5.41) is 3.89. The predicted octanol–water partition coefficient (Wildman–Crippen LogP) is 3.42. The van der Waals surface area contributed by atoms with Crippen LogP contribution in [0.1, 0.15) is 23.2 Å². The van der Waals surface area contributed by atoms with Crippen molar-refractivity contribution in [3.05, 3.63) is 78.2 Å². The number of nitrogens with one attached hydrogen (secondary N) is 2. The van der Waals surface area contributed by atoms with Crippen LogP contribution in [0.25, 0.3) is 0 Å². The van der Waals surface area contributed by atoms with E-state index >= 15 is 0 Å². The Bertz CT molecular complexity index is 1120. The zero-order chi connectivity index (χ0) is 21.8. The molecule has 31 heavy (non-hydrogen) atoms. The molecule has 0 saturated carbocycles. The van der Waals surface area contributed by atoms with Crippen molar-refractivity contribution >= 4 is 29.1 Å². The molecule has 9 heteroatoms. The van der Waals surface area contributed by atoms with E-state index in [9.17, 15) is 18.8 Å². The normalized spacial score (nSPS) is 13.5. The van der Waals surface area contributed by atoms with Crippen LogP contribution in [0.15, 0.2) is 66.9 Å². The average molecular weight is 420 g/mol. The smallest absolute Gasteiger partial charge is 0.255 e. The number of pyridine rings is 1. The number of benzene rings is 2. The van der Waals surface area contributed by atoms with Gasteiger partial charge >= 0.3 is 0 Å². The first-order valence-corrected chi connectivity index (χ1v) is 9.41. The van der Waals surface area contributed by atoms with Gasteiger partial charge in [0.15, 0.2) is 0 Å². The van der Waals surface area contributed by atoms with Crippen LogP contribution in [-0.4, -0.2) is 22.7 Å². The van der Waals surface area contributed by atoms with Crippen molar-refractivity contribution < 1.29 is 23.5 Å². The summed E-state index contributed by atoms with van der Waals surface area (Å²) in [4.78, 5) is 40.1. The van der Waals surface area contributed by atoms with Crippen molar-refractivity contribution in [3.63, 3.8) is 0 Å². The highest BCUT2D eigenvalue weighted by atomic mass is 19.1. The number of amides is 3. The van der Waals surface area contributed by atoms with Gasteiger partial charge in [-0.15, -0.1) is 0 Å². The van der Waals surface area contributed by atoms with Crippen LogP contribution in [-0.2, 0) is 9.59 Å². The third-order valence-corrected chi connectivity index (χ3v) is 4.47. The second kappa shape index (κ2) is 8.62. The first kappa shape index (κ1) is 20.0. The van der Waals surface area contributed by atoms with E-state index in [1.165, 1.54) is 35.5 Å². The van der Waals surface area contributed by atoms with Crippen LogP contribution >= 0.6 is 0 Å². The third kappa shape index (κ3) is 4.84. The number of halogens is 1. The Balaban J connectivity index is 1.38. The number of nitrogens with zero attached hydrogens (tertiary/aromatic N) is 2. The van der Waals surface area contributed by atoms with Gasteiger partial charge in [0.1, 0.15) is 11.6 Å². The lowest BCUT2D eigenvalue weighted by atomic mass is 10.1. The highest BCUT2D eigenvalue weighted by molar-refractivity contribution is 6.05. The van der Waals surface area contributed by atoms with Gasteiger partial charge in [-0.2, -0.15) is 0 Å². The van der Waals surface area contributed by atoms with Crippen LogP contribution in [0.5, 0.6) is 11.6 Å². The van der Waals surface area contributed by atoms with E-state index in [0.29, 0.717) is 28.6 Å². The van der Waals surface area contributed by atoms with Crippen molar-refractivity contribution in [2.45, 2.75) is 12.8 Å². The topological polar surface area (TPSA) is 101 Å². The molecule has 1 aromatic heterocycles. The lowest BCUT2D eigenvalue weighted by Gasteiger charge is -2.27. The van der Waals surface area contributed by atoms with Gasteiger partial charge in [-0.3, -0.25) is 19.8 Å². The number of aromatic nitrogens is 1. The molecule has 1 fully saturated rings. The molecule has 4 rings (SSSR count). The second-order valence-corrected chi connectivity index (χ2v) is 6.71. The Kier molecular flexibility index (Phi) is 5.57. The van der Waals surface area contributed by atoms with Gasteiger partial charge < -0.3 is 10.1 Å². The minimum absolute atomic E-state index is 0.141. The Labute approximate surface area is 176 Å². The fourth-order valence-electron chi connectivity index (χ4n) is 2.89. The summed E-state index contributed by atoms with van der Waals surface area (Å²) in [5.74, 6) is -0.448. The number of anilines is 2. The Hall–Kier alpha value is -4.27. The van der Waals surface area contributed by atoms with E-state index < -0.39 is 0 Å².